The molecular formula is C13H25NO2SY-2. The zero-order valence-electron chi connectivity index (χ0n) is 11.5. The van der Waals surface area contributed by atoms with Gasteiger partial charge in [-0.2, -0.15) is 29.8 Å². The smallest absolute Gasteiger partial charge is 0.0894 e. The van der Waals surface area contributed by atoms with Gasteiger partial charge in [-0.15, -0.1) is 0 Å². The van der Waals surface area contributed by atoms with E-state index in [0.717, 1.165) is 11.8 Å². The summed E-state index contributed by atoms with van der Waals surface area (Å²) >= 11 is 0. The number of aryl methyl sites for hydroxylation is 1. The van der Waals surface area contributed by atoms with Gasteiger partial charge in [0, 0.05) is 39.0 Å². The number of sulfonamides is 1. The minimum absolute atomic E-state index is 0. The Labute approximate surface area is 139 Å². The van der Waals surface area contributed by atoms with Gasteiger partial charge in [0.15, 0.2) is 0 Å². The number of rotatable bonds is 2. The second-order valence-corrected chi connectivity index (χ2v) is 4.22. The number of nitrogens with zero attached hydrogens (tertiary/aromatic N) is 1. The molecule has 0 spiro atoms. The van der Waals surface area contributed by atoms with Crippen molar-refractivity contribution < 1.29 is 41.1 Å². The molecule has 5 heteroatoms. The third-order valence-corrected chi connectivity index (χ3v) is 1.73. The number of benzene rings is 1. The van der Waals surface area contributed by atoms with Crippen LogP contribution in [-0.4, -0.2) is 14.7 Å². The van der Waals surface area contributed by atoms with E-state index in [9.17, 15) is 8.42 Å². The van der Waals surface area contributed by atoms with E-state index in [-0.39, 0.29) is 40.1 Å². The number of hydrogen-bond donors (Lipinski definition) is 0. The summed E-state index contributed by atoms with van der Waals surface area (Å²) in [5, 5.41) is 0. The molecule has 0 N–H and O–H groups in total. The van der Waals surface area contributed by atoms with Gasteiger partial charge in [0.25, 0.3) is 0 Å². The minimum Gasteiger partial charge on any atom is -0.598 e. The maximum Gasteiger partial charge on any atom is 0.0894 e. The van der Waals surface area contributed by atoms with E-state index in [1.54, 1.807) is 12.1 Å². The van der Waals surface area contributed by atoms with Crippen LogP contribution in [0.1, 0.15) is 40.7 Å². The summed E-state index contributed by atoms with van der Waals surface area (Å²) in [7, 11) is -3.30. The molecule has 1 radical (unpaired) electrons. The molecule has 1 aromatic rings. The van der Waals surface area contributed by atoms with Crippen molar-refractivity contribution >= 4 is 15.7 Å². The summed E-state index contributed by atoms with van der Waals surface area (Å²) in [5.41, 5.74) is 1.33. The third-order valence-electron chi connectivity index (χ3n) is 1.21. The van der Waals surface area contributed by atoms with Crippen LogP contribution < -0.4 is 0 Å². The van der Waals surface area contributed by atoms with Gasteiger partial charge in [0.05, 0.1) is 10.0 Å². The van der Waals surface area contributed by atoms with Crippen molar-refractivity contribution in [2.75, 3.05) is 6.26 Å². The summed E-state index contributed by atoms with van der Waals surface area (Å²) in [6.07, 6.45) is 1.06. The van der Waals surface area contributed by atoms with Gasteiger partial charge < -0.3 is 4.72 Å². The second-order valence-electron chi connectivity index (χ2n) is 2.58. The Hall–Kier alpha value is 0.0739. The molecule has 0 bridgehead atoms. The first kappa shape index (κ1) is 26.6. The van der Waals surface area contributed by atoms with E-state index < -0.39 is 10.0 Å². The molecule has 0 aliphatic rings. The van der Waals surface area contributed by atoms with Gasteiger partial charge in [-0.3, -0.25) is 0 Å². The summed E-state index contributed by atoms with van der Waals surface area (Å²) in [5.74, 6) is 0. The van der Waals surface area contributed by atoms with Crippen molar-refractivity contribution in [3.63, 3.8) is 0 Å². The normalized spacial score (nSPS) is 8.11. The Balaban J connectivity index is -0.000000149. The predicted octanol–water partition coefficient (Wildman–Crippen LogP) is 4.45. The van der Waals surface area contributed by atoms with Gasteiger partial charge in [-0.25, -0.2) is 14.1 Å². The van der Waals surface area contributed by atoms with Crippen LogP contribution in [0.5, 0.6) is 0 Å². The monoisotopic (exact) mass is 348 g/mol. The molecule has 0 amide bonds. The van der Waals surface area contributed by atoms with Crippen LogP contribution in [0.4, 0.5) is 5.69 Å². The zero-order chi connectivity index (χ0) is 13.2. The van der Waals surface area contributed by atoms with E-state index in [0.29, 0.717) is 5.69 Å². The van der Waals surface area contributed by atoms with Gasteiger partial charge in [-0.1, -0.05) is 42.0 Å². The van der Waals surface area contributed by atoms with E-state index >= 15 is 0 Å². The van der Waals surface area contributed by atoms with Crippen molar-refractivity contribution in [3.05, 3.63) is 34.6 Å². The summed E-state index contributed by atoms with van der Waals surface area (Å²) in [6, 6.07) is 7.87. The first-order chi connectivity index (χ1) is 7.47. The van der Waals surface area contributed by atoms with Gasteiger partial charge in [-0.05, 0) is 0 Å². The molecule has 105 valence electrons. The largest absolute Gasteiger partial charge is 0.598 e. The van der Waals surface area contributed by atoms with Gasteiger partial charge >= 0.3 is 0 Å². The molecule has 0 unspecified atom stereocenters. The molecule has 18 heavy (non-hydrogen) atoms. The van der Waals surface area contributed by atoms with Crippen LogP contribution in [0.25, 0.3) is 4.72 Å². The van der Waals surface area contributed by atoms with E-state index in [2.05, 4.69) is 10.8 Å². The van der Waals surface area contributed by atoms with E-state index in [1.165, 1.54) is 0 Å². The fourth-order valence-electron chi connectivity index (χ4n) is 0.795. The number of hydrogen-bond acceptors (Lipinski definition) is 2. The fourth-order valence-corrected chi connectivity index (χ4v) is 1.26. The van der Waals surface area contributed by atoms with Crippen LogP contribution in [-0.2, 0) is 42.7 Å². The molecule has 0 aliphatic carbocycles. The molecule has 0 heterocycles. The van der Waals surface area contributed by atoms with Crippen molar-refractivity contribution in [2.24, 2.45) is 0 Å². The van der Waals surface area contributed by atoms with Crippen LogP contribution in [0, 0.1) is 13.0 Å². The zero-order valence-corrected chi connectivity index (χ0v) is 15.1. The van der Waals surface area contributed by atoms with Gasteiger partial charge in [0.2, 0.25) is 0 Å². The first-order valence-corrected chi connectivity index (χ1v) is 7.23. The van der Waals surface area contributed by atoms with E-state index in [4.69, 9.17) is 0 Å². The predicted molar refractivity (Wildman–Crippen MR) is 77.3 cm³/mol. The molecule has 3 nitrogen and oxygen atoms in total. The van der Waals surface area contributed by atoms with Gasteiger partial charge in [0.1, 0.15) is 0 Å². The average molecular weight is 348 g/mol. The van der Waals surface area contributed by atoms with Crippen LogP contribution in [0.3, 0.4) is 0 Å². The summed E-state index contributed by atoms with van der Waals surface area (Å²) < 4.78 is 24.9. The van der Waals surface area contributed by atoms with Crippen molar-refractivity contribution in [3.8, 4) is 0 Å². The van der Waals surface area contributed by atoms with E-state index in [1.807, 2.05) is 40.7 Å². The Morgan fingerprint density at radius 3 is 1.94 bits per heavy atom. The Kier molecular flexibility index (Phi) is 22.4. The maximum absolute atomic E-state index is 10.7. The molecule has 1 rings (SSSR count). The quantitative estimate of drug-likeness (QED) is 0.742. The van der Waals surface area contributed by atoms with Crippen LogP contribution >= 0.6 is 0 Å². The molecule has 0 saturated heterocycles. The Morgan fingerprint density at radius 2 is 1.61 bits per heavy atom. The topological polar surface area (TPSA) is 48.2 Å². The third kappa shape index (κ3) is 16.1. The first-order valence-electron chi connectivity index (χ1n) is 5.39. The molecule has 0 fully saturated rings. The average Bonchev–Trinajstić information content (AvgIpc) is 2.21. The summed E-state index contributed by atoms with van der Waals surface area (Å²) in [6.45, 7) is 9.87. The van der Waals surface area contributed by atoms with Crippen LogP contribution in [0.15, 0.2) is 18.2 Å². The maximum atomic E-state index is 10.7. The van der Waals surface area contributed by atoms with Crippen LogP contribution in [0.2, 0.25) is 0 Å². The second kappa shape index (κ2) is 15.1. The van der Waals surface area contributed by atoms with Crippen molar-refractivity contribution in [2.45, 2.75) is 42.0 Å². The molecular weight excluding hydrogens is 323 g/mol. The summed E-state index contributed by atoms with van der Waals surface area (Å²) in [4.78, 5) is 0. The standard InChI is InChI=1S/C8H9NO2S.2C2H6.CH4.Y/c1-7-4-3-5-8(6-7)9-12(2,10)11;2*1-2;;/h3-4,6H,1-2H3;2*1-2H3;1H4;/q-2;;;;. The minimum atomic E-state index is -3.30. The Bertz CT molecular complexity index is 378. The fraction of sp³-hybridized carbons (Fsp3) is 0.538. The molecule has 1 aromatic carbocycles. The Morgan fingerprint density at radius 1 is 1.17 bits per heavy atom. The molecule has 0 aliphatic heterocycles. The van der Waals surface area contributed by atoms with Crippen molar-refractivity contribution in [1.29, 1.82) is 0 Å². The molecule has 0 atom stereocenters. The van der Waals surface area contributed by atoms with Crippen molar-refractivity contribution in [1.82, 2.24) is 0 Å². The molecule has 0 saturated carbocycles. The molecule has 0 aromatic heterocycles. The SMILES string of the molecule is C.CC.CC.Cc1cc[c-]c([N-]S(C)(=O)=O)c1.[Y].